The molecule has 0 radical (unpaired) electrons. The Hall–Kier alpha value is -2.82. The number of carbonyl (C=O) groups is 2. The number of likely N-dealkylation sites (N-methyl/N-ethyl adjacent to an activating group) is 1. The molecule has 1 amide bonds. The molecule has 0 bridgehead atoms. The molecular formula is C17H17NO4. The van der Waals surface area contributed by atoms with Gasteiger partial charge in [-0.2, -0.15) is 0 Å². The predicted octanol–water partition coefficient (Wildman–Crippen LogP) is 2.38. The lowest BCUT2D eigenvalue weighted by molar-refractivity contribution is -0.138. The van der Waals surface area contributed by atoms with Crippen LogP contribution < -0.4 is 0 Å². The van der Waals surface area contributed by atoms with Gasteiger partial charge in [-0.3, -0.25) is 4.79 Å². The lowest BCUT2D eigenvalue weighted by Gasteiger charge is -2.21. The van der Waals surface area contributed by atoms with Gasteiger partial charge in [0.05, 0.1) is 5.56 Å². The number of benzene rings is 2. The van der Waals surface area contributed by atoms with Gasteiger partial charge in [0.2, 0.25) is 6.10 Å². The van der Waals surface area contributed by atoms with Gasteiger partial charge in [-0.15, -0.1) is 0 Å². The van der Waals surface area contributed by atoms with Crippen molar-refractivity contribution in [3.05, 3.63) is 65.7 Å². The average molecular weight is 299 g/mol. The normalized spacial score (nSPS) is 11.5. The molecule has 1 unspecified atom stereocenters. The van der Waals surface area contributed by atoms with Crippen molar-refractivity contribution in [1.29, 1.82) is 0 Å². The van der Waals surface area contributed by atoms with E-state index < -0.39 is 12.1 Å². The Kier molecular flexibility index (Phi) is 4.78. The number of nitrogens with zero attached hydrogens (tertiary/aromatic N) is 1. The summed E-state index contributed by atoms with van der Waals surface area (Å²) >= 11 is 0. The van der Waals surface area contributed by atoms with E-state index in [2.05, 4.69) is 0 Å². The Morgan fingerprint density at radius 1 is 1.05 bits per heavy atom. The van der Waals surface area contributed by atoms with Crippen LogP contribution in [-0.2, 0) is 9.53 Å². The highest BCUT2D eigenvalue weighted by atomic mass is 16.5. The quantitative estimate of drug-likeness (QED) is 0.880. The molecule has 0 aromatic heterocycles. The Morgan fingerprint density at radius 2 is 1.73 bits per heavy atom. The highest BCUT2D eigenvalue weighted by Gasteiger charge is 2.27. The van der Waals surface area contributed by atoms with Crippen molar-refractivity contribution >= 4 is 11.9 Å². The lowest BCUT2D eigenvalue weighted by Crippen LogP contribution is -2.31. The van der Waals surface area contributed by atoms with Crippen LogP contribution in [0.5, 0.6) is 5.75 Å². The van der Waals surface area contributed by atoms with E-state index in [0.717, 1.165) is 0 Å². The zero-order valence-corrected chi connectivity index (χ0v) is 12.4. The molecule has 22 heavy (non-hydrogen) atoms. The van der Waals surface area contributed by atoms with Gasteiger partial charge in [0.1, 0.15) is 5.75 Å². The second-order valence-corrected chi connectivity index (χ2v) is 4.98. The molecule has 0 fully saturated rings. The maximum Gasteiger partial charge on any atom is 0.339 e. The minimum absolute atomic E-state index is 0.0374. The fourth-order valence-electron chi connectivity index (χ4n) is 1.93. The highest BCUT2D eigenvalue weighted by molar-refractivity contribution is 5.93. The largest absolute Gasteiger partial charge is 0.508 e. The van der Waals surface area contributed by atoms with Crippen molar-refractivity contribution in [3.63, 3.8) is 0 Å². The molecule has 0 aliphatic heterocycles. The first-order valence-corrected chi connectivity index (χ1v) is 6.75. The van der Waals surface area contributed by atoms with Crippen LogP contribution in [-0.4, -0.2) is 36.0 Å². The van der Waals surface area contributed by atoms with Crippen LogP contribution >= 0.6 is 0 Å². The molecule has 0 heterocycles. The number of rotatable bonds is 4. The molecule has 2 rings (SSSR count). The predicted molar refractivity (Wildman–Crippen MR) is 81.4 cm³/mol. The molecule has 0 spiro atoms. The van der Waals surface area contributed by atoms with Crippen molar-refractivity contribution in [2.75, 3.05) is 14.1 Å². The van der Waals surface area contributed by atoms with E-state index in [0.29, 0.717) is 5.56 Å². The third-order valence-electron chi connectivity index (χ3n) is 3.07. The summed E-state index contributed by atoms with van der Waals surface area (Å²) in [5, 5.41) is 9.43. The Labute approximate surface area is 128 Å². The van der Waals surface area contributed by atoms with Gasteiger partial charge in [0.25, 0.3) is 5.91 Å². The van der Waals surface area contributed by atoms with Gasteiger partial charge in [-0.25, -0.2) is 4.79 Å². The SMILES string of the molecule is CN(C)C(=O)C(OC(=O)c1cccc(O)c1)c1ccccc1. The van der Waals surface area contributed by atoms with Gasteiger partial charge in [0.15, 0.2) is 0 Å². The standard InChI is InChI=1S/C17H17NO4/c1-18(2)16(20)15(12-7-4-3-5-8-12)22-17(21)13-9-6-10-14(19)11-13/h3-11,15,19H,1-2H3. The van der Waals surface area contributed by atoms with Crippen LogP contribution in [0.3, 0.4) is 0 Å². The average Bonchev–Trinajstić information content (AvgIpc) is 2.52. The highest BCUT2D eigenvalue weighted by Crippen LogP contribution is 2.22. The van der Waals surface area contributed by atoms with Gasteiger partial charge < -0.3 is 14.7 Å². The van der Waals surface area contributed by atoms with Gasteiger partial charge in [-0.1, -0.05) is 36.4 Å². The number of esters is 1. The number of hydrogen-bond donors (Lipinski definition) is 1. The van der Waals surface area contributed by atoms with Crippen LogP contribution in [0.4, 0.5) is 0 Å². The molecule has 0 saturated heterocycles. The van der Waals surface area contributed by atoms with Crippen LogP contribution in [0.1, 0.15) is 22.0 Å². The monoisotopic (exact) mass is 299 g/mol. The molecule has 2 aromatic rings. The summed E-state index contributed by atoms with van der Waals surface area (Å²) in [6, 6.07) is 14.6. The number of aromatic hydroxyl groups is 1. The van der Waals surface area contributed by atoms with E-state index in [9.17, 15) is 14.7 Å². The number of amides is 1. The van der Waals surface area contributed by atoms with E-state index >= 15 is 0 Å². The van der Waals surface area contributed by atoms with Gasteiger partial charge in [-0.05, 0) is 18.2 Å². The third kappa shape index (κ3) is 3.63. The Morgan fingerprint density at radius 3 is 2.32 bits per heavy atom. The Bertz CT molecular complexity index is 667. The van der Waals surface area contributed by atoms with Crippen LogP contribution in [0.15, 0.2) is 54.6 Å². The summed E-state index contributed by atoms with van der Waals surface area (Å²) in [6.07, 6.45) is -1.02. The second kappa shape index (κ2) is 6.76. The topological polar surface area (TPSA) is 66.8 Å². The first-order chi connectivity index (χ1) is 10.5. The van der Waals surface area contributed by atoms with E-state index in [4.69, 9.17) is 4.74 Å². The minimum Gasteiger partial charge on any atom is -0.508 e. The summed E-state index contributed by atoms with van der Waals surface area (Å²) in [7, 11) is 3.20. The zero-order chi connectivity index (χ0) is 16.1. The van der Waals surface area contributed by atoms with Gasteiger partial charge in [0, 0.05) is 19.7 Å². The molecule has 114 valence electrons. The lowest BCUT2D eigenvalue weighted by atomic mass is 10.1. The van der Waals surface area contributed by atoms with Crippen molar-refractivity contribution in [2.45, 2.75) is 6.10 Å². The molecule has 0 aliphatic rings. The zero-order valence-electron chi connectivity index (χ0n) is 12.4. The summed E-state index contributed by atoms with van der Waals surface area (Å²) < 4.78 is 5.36. The Balaban J connectivity index is 2.27. The molecule has 1 atom stereocenters. The van der Waals surface area contributed by atoms with Crippen molar-refractivity contribution < 1.29 is 19.4 Å². The van der Waals surface area contributed by atoms with E-state index in [1.54, 1.807) is 38.4 Å². The van der Waals surface area contributed by atoms with E-state index in [1.807, 2.05) is 6.07 Å². The van der Waals surface area contributed by atoms with E-state index in [1.165, 1.54) is 29.2 Å². The molecule has 5 nitrogen and oxygen atoms in total. The number of phenols is 1. The molecule has 2 aromatic carbocycles. The van der Waals surface area contributed by atoms with Crippen molar-refractivity contribution in [1.82, 2.24) is 4.90 Å². The molecule has 0 aliphatic carbocycles. The first kappa shape index (κ1) is 15.6. The smallest absolute Gasteiger partial charge is 0.339 e. The number of hydrogen-bond acceptors (Lipinski definition) is 4. The number of phenolic OH excluding ortho intramolecular Hbond substituents is 1. The number of carbonyl (C=O) groups excluding carboxylic acids is 2. The maximum absolute atomic E-state index is 12.3. The molecule has 5 heteroatoms. The van der Waals surface area contributed by atoms with Crippen LogP contribution in [0, 0.1) is 0 Å². The molecular weight excluding hydrogens is 282 g/mol. The van der Waals surface area contributed by atoms with E-state index in [-0.39, 0.29) is 17.2 Å². The summed E-state index contributed by atoms with van der Waals surface area (Å²) in [6.45, 7) is 0. The van der Waals surface area contributed by atoms with Crippen LogP contribution in [0.2, 0.25) is 0 Å². The fraction of sp³-hybridized carbons (Fsp3) is 0.176. The summed E-state index contributed by atoms with van der Waals surface area (Å²) in [5.74, 6) is -1.04. The van der Waals surface area contributed by atoms with Crippen LogP contribution in [0.25, 0.3) is 0 Å². The van der Waals surface area contributed by atoms with Crippen molar-refractivity contribution in [3.8, 4) is 5.75 Å². The summed E-state index contributed by atoms with van der Waals surface area (Å²) in [4.78, 5) is 25.8. The first-order valence-electron chi connectivity index (χ1n) is 6.75. The number of ether oxygens (including phenoxy) is 1. The fourth-order valence-corrected chi connectivity index (χ4v) is 1.93. The summed E-state index contributed by atoms with van der Waals surface area (Å²) in [5.41, 5.74) is 0.780. The molecule has 0 saturated carbocycles. The second-order valence-electron chi connectivity index (χ2n) is 4.98. The maximum atomic E-state index is 12.3. The third-order valence-corrected chi connectivity index (χ3v) is 3.07. The van der Waals surface area contributed by atoms with Crippen molar-refractivity contribution in [2.24, 2.45) is 0 Å². The molecule has 1 N–H and O–H groups in total. The minimum atomic E-state index is -1.02. The van der Waals surface area contributed by atoms with Gasteiger partial charge >= 0.3 is 5.97 Å².